The van der Waals surface area contributed by atoms with Crippen LogP contribution in [0.3, 0.4) is 0 Å². The van der Waals surface area contributed by atoms with Crippen LogP contribution in [0.4, 0.5) is 26.3 Å². The zero-order valence-electron chi connectivity index (χ0n) is 15.4. The lowest BCUT2D eigenvalue weighted by Gasteiger charge is -2.33. The number of carbonyl (C=O) groups is 1. The molecule has 1 aromatic rings. The van der Waals surface area contributed by atoms with E-state index in [4.69, 9.17) is 0 Å². The highest BCUT2D eigenvalue weighted by atomic mass is 32.2. The lowest BCUT2D eigenvalue weighted by Crippen LogP contribution is -2.52. The Morgan fingerprint density at radius 2 is 1.59 bits per heavy atom. The molecule has 162 valence electrons. The fourth-order valence-electron chi connectivity index (χ4n) is 2.86. The van der Waals surface area contributed by atoms with Gasteiger partial charge in [-0.05, 0) is 30.2 Å². The molecule has 0 unspecified atom stereocenters. The van der Waals surface area contributed by atoms with Gasteiger partial charge < -0.3 is 4.90 Å². The Morgan fingerprint density at radius 1 is 1.07 bits per heavy atom. The predicted octanol–water partition coefficient (Wildman–Crippen LogP) is 3.29. The average Bonchev–Trinajstić information content (AvgIpc) is 3.06. The molecule has 1 heterocycles. The highest BCUT2D eigenvalue weighted by molar-refractivity contribution is 7.89. The van der Waals surface area contributed by atoms with Crippen LogP contribution in [0.5, 0.6) is 0 Å². The van der Waals surface area contributed by atoms with E-state index in [1.165, 1.54) is 44.4 Å². The standard InChI is InChI=1S/C17H18F6N2O3S/c1-24(2)29(27,28)13-6-3-12(4-7-13)5-8-14(26)25-10-9-15(11-25,16(18,19)20)17(21,22)23/h3-8H,9-11H2,1-2H3/b8-5+. The van der Waals surface area contributed by atoms with Crippen LogP contribution in [0, 0.1) is 5.41 Å². The smallest absolute Gasteiger partial charge is 0.338 e. The van der Waals surface area contributed by atoms with Crippen molar-refractivity contribution >= 4 is 22.0 Å². The topological polar surface area (TPSA) is 57.7 Å². The molecular weight excluding hydrogens is 426 g/mol. The maximum atomic E-state index is 13.1. The summed E-state index contributed by atoms with van der Waals surface area (Å²) in [5.41, 5.74) is -3.58. The summed E-state index contributed by atoms with van der Waals surface area (Å²) in [5.74, 6) is -0.995. The van der Waals surface area contributed by atoms with E-state index in [9.17, 15) is 39.6 Å². The maximum Gasteiger partial charge on any atom is 0.404 e. The van der Waals surface area contributed by atoms with E-state index in [0.29, 0.717) is 10.5 Å². The molecular formula is C17H18F6N2O3S. The van der Waals surface area contributed by atoms with Gasteiger partial charge in [-0.3, -0.25) is 4.79 Å². The average molecular weight is 444 g/mol. The lowest BCUT2D eigenvalue weighted by molar-refractivity contribution is -0.334. The molecule has 0 bridgehead atoms. The Hall–Kier alpha value is -2.08. The number of amides is 1. The van der Waals surface area contributed by atoms with E-state index < -0.39 is 53.2 Å². The highest BCUT2D eigenvalue weighted by Crippen LogP contribution is 2.55. The summed E-state index contributed by atoms with van der Waals surface area (Å²) in [6.45, 7) is -2.18. The molecule has 1 aliphatic heterocycles. The third-order valence-corrected chi connectivity index (χ3v) is 6.57. The van der Waals surface area contributed by atoms with Gasteiger partial charge in [-0.1, -0.05) is 12.1 Å². The van der Waals surface area contributed by atoms with Crippen molar-refractivity contribution in [3.63, 3.8) is 0 Å². The third-order valence-electron chi connectivity index (χ3n) is 4.74. The molecule has 1 amide bonds. The van der Waals surface area contributed by atoms with Crippen molar-refractivity contribution in [2.24, 2.45) is 5.41 Å². The first kappa shape index (κ1) is 23.2. The fraction of sp³-hybridized carbons (Fsp3) is 0.471. The van der Waals surface area contributed by atoms with E-state index in [-0.39, 0.29) is 4.90 Å². The van der Waals surface area contributed by atoms with Gasteiger partial charge in [-0.15, -0.1) is 0 Å². The molecule has 5 nitrogen and oxygen atoms in total. The van der Waals surface area contributed by atoms with Gasteiger partial charge in [0.05, 0.1) is 4.90 Å². The van der Waals surface area contributed by atoms with Crippen LogP contribution in [-0.4, -0.2) is 63.1 Å². The number of likely N-dealkylation sites (tertiary alicyclic amines) is 1. The number of alkyl halides is 6. The van der Waals surface area contributed by atoms with Gasteiger partial charge in [0.2, 0.25) is 15.9 Å². The Kier molecular flexibility index (Phi) is 6.11. The van der Waals surface area contributed by atoms with Gasteiger partial charge >= 0.3 is 12.4 Å². The number of nitrogens with zero attached hydrogens (tertiary/aromatic N) is 2. The van der Waals surface area contributed by atoms with Crippen LogP contribution in [0.25, 0.3) is 6.08 Å². The summed E-state index contributed by atoms with van der Waals surface area (Å²) in [7, 11) is -0.964. The number of carbonyl (C=O) groups excluding carboxylic acids is 1. The molecule has 0 N–H and O–H groups in total. The van der Waals surface area contributed by atoms with E-state index in [2.05, 4.69) is 0 Å². The van der Waals surface area contributed by atoms with Crippen molar-refractivity contribution < 1.29 is 39.6 Å². The number of hydrogen-bond acceptors (Lipinski definition) is 3. The maximum absolute atomic E-state index is 13.1. The van der Waals surface area contributed by atoms with E-state index >= 15 is 0 Å². The summed E-state index contributed by atoms with van der Waals surface area (Å²) in [6, 6.07) is 5.26. The molecule has 0 atom stereocenters. The van der Waals surface area contributed by atoms with Crippen LogP contribution < -0.4 is 0 Å². The van der Waals surface area contributed by atoms with Crippen molar-refractivity contribution in [3.05, 3.63) is 35.9 Å². The zero-order chi connectivity index (χ0) is 22.3. The lowest BCUT2D eigenvalue weighted by atomic mass is 9.85. The molecule has 2 rings (SSSR count). The second-order valence-electron chi connectivity index (χ2n) is 6.78. The SMILES string of the molecule is CN(C)S(=O)(=O)c1ccc(/C=C/C(=O)N2CCC(C(F)(F)F)(C(F)(F)F)C2)cc1. The molecule has 0 aliphatic carbocycles. The monoisotopic (exact) mass is 444 g/mol. The first-order chi connectivity index (χ1) is 13.1. The van der Waals surface area contributed by atoms with Crippen molar-refractivity contribution in [1.29, 1.82) is 0 Å². The Labute approximate surface area is 163 Å². The molecule has 1 saturated heterocycles. The predicted molar refractivity (Wildman–Crippen MR) is 92.1 cm³/mol. The Morgan fingerprint density at radius 3 is 2.00 bits per heavy atom. The van der Waals surface area contributed by atoms with Crippen LogP contribution in [0.15, 0.2) is 35.2 Å². The van der Waals surface area contributed by atoms with Crippen molar-refractivity contribution in [3.8, 4) is 0 Å². The molecule has 0 saturated carbocycles. The van der Waals surface area contributed by atoms with Crippen LogP contribution in [0.1, 0.15) is 12.0 Å². The molecule has 1 aliphatic rings. The number of hydrogen-bond donors (Lipinski definition) is 0. The normalized spacial score (nSPS) is 18.0. The van der Waals surface area contributed by atoms with E-state index in [1.54, 1.807) is 0 Å². The molecule has 0 radical (unpaired) electrons. The van der Waals surface area contributed by atoms with Crippen molar-refractivity contribution in [1.82, 2.24) is 9.21 Å². The molecule has 12 heteroatoms. The third kappa shape index (κ3) is 4.42. The fourth-order valence-corrected chi connectivity index (χ4v) is 3.76. The van der Waals surface area contributed by atoms with Crippen LogP contribution >= 0.6 is 0 Å². The van der Waals surface area contributed by atoms with Crippen LogP contribution in [-0.2, 0) is 14.8 Å². The molecule has 0 spiro atoms. The summed E-state index contributed by atoms with van der Waals surface area (Å²) in [6.07, 6.45) is -10.3. The van der Waals surface area contributed by atoms with Crippen LogP contribution in [0.2, 0.25) is 0 Å². The Bertz CT molecular complexity index is 875. The zero-order valence-corrected chi connectivity index (χ0v) is 16.2. The quantitative estimate of drug-likeness (QED) is 0.529. The number of halogens is 6. The second-order valence-corrected chi connectivity index (χ2v) is 8.93. The summed E-state index contributed by atoms with van der Waals surface area (Å²) in [5, 5.41) is 0. The van der Waals surface area contributed by atoms with Crippen molar-refractivity contribution in [2.45, 2.75) is 23.7 Å². The Balaban J connectivity index is 2.14. The van der Waals surface area contributed by atoms with Crippen molar-refractivity contribution in [2.75, 3.05) is 27.2 Å². The van der Waals surface area contributed by atoms with E-state index in [1.807, 2.05) is 0 Å². The minimum atomic E-state index is -5.53. The molecule has 1 fully saturated rings. The summed E-state index contributed by atoms with van der Waals surface area (Å²) in [4.78, 5) is 12.6. The summed E-state index contributed by atoms with van der Waals surface area (Å²) < 4.78 is 103. The minimum Gasteiger partial charge on any atom is -0.338 e. The van der Waals surface area contributed by atoms with Gasteiger partial charge in [0.15, 0.2) is 5.41 Å². The molecule has 1 aromatic carbocycles. The second kappa shape index (κ2) is 7.63. The minimum absolute atomic E-state index is 0.00865. The molecule has 0 aromatic heterocycles. The van der Waals surface area contributed by atoms with Gasteiger partial charge in [0.25, 0.3) is 0 Å². The largest absolute Gasteiger partial charge is 0.404 e. The van der Waals surface area contributed by atoms with Gasteiger partial charge in [-0.25, -0.2) is 12.7 Å². The first-order valence-corrected chi connectivity index (χ1v) is 9.69. The highest BCUT2D eigenvalue weighted by Gasteiger charge is 2.72. The van der Waals surface area contributed by atoms with Gasteiger partial charge in [0, 0.05) is 33.3 Å². The number of rotatable bonds is 4. The number of benzene rings is 1. The first-order valence-electron chi connectivity index (χ1n) is 8.25. The van der Waals surface area contributed by atoms with Gasteiger partial charge in [0.1, 0.15) is 0 Å². The summed E-state index contributed by atoms with van der Waals surface area (Å²) >= 11 is 0. The molecule has 29 heavy (non-hydrogen) atoms. The van der Waals surface area contributed by atoms with Gasteiger partial charge in [-0.2, -0.15) is 26.3 Å². The number of sulfonamides is 1. The van der Waals surface area contributed by atoms with E-state index in [0.717, 1.165) is 10.4 Å².